The molecule has 140 valence electrons. The number of likely N-dealkylation sites (N-methyl/N-ethyl adjacent to an activating group) is 1. The molecule has 0 aliphatic carbocycles. The van der Waals surface area contributed by atoms with Gasteiger partial charge in [-0.25, -0.2) is 0 Å². The molecule has 0 bridgehead atoms. The van der Waals surface area contributed by atoms with Crippen molar-refractivity contribution in [2.75, 3.05) is 19.6 Å². The van der Waals surface area contributed by atoms with E-state index >= 15 is 0 Å². The average molecular weight is 358 g/mol. The monoisotopic (exact) mass is 358 g/mol. The Morgan fingerprint density at radius 1 is 1.23 bits per heavy atom. The van der Waals surface area contributed by atoms with Gasteiger partial charge in [0.25, 0.3) is 5.91 Å². The Kier molecular flexibility index (Phi) is 7.38. The molecule has 1 heterocycles. The molecule has 2 amide bonds. The third kappa shape index (κ3) is 5.72. The van der Waals surface area contributed by atoms with Gasteiger partial charge in [0.15, 0.2) is 6.10 Å². The second kappa shape index (κ2) is 9.75. The number of ether oxygens (including phenoxy) is 1. The maximum Gasteiger partial charge on any atom is 0.309 e. The van der Waals surface area contributed by atoms with Gasteiger partial charge in [0.05, 0.1) is 5.92 Å². The SMILES string of the molecule is CCNC(=O)[C@H](C)OC(=O)C1CCN(C(=O)/C=C/c2ccccc2)CC1. The van der Waals surface area contributed by atoms with Crippen LogP contribution in [0.1, 0.15) is 32.3 Å². The first-order valence-electron chi connectivity index (χ1n) is 9.01. The number of hydrogen-bond donors (Lipinski definition) is 1. The van der Waals surface area contributed by atoms with Crippen molar-refractivity contribution >= 4 is 23.9 Å². The first-order valence-corrected chi connectivity index (χ1v) is 9.01. The van der Waals surface area contributed by atoms with Crippen LogP contribution in [0.25, 0.3) is 6.08 Å². The highest BCUT2D eigenvalue weighted by molar-refractivity contribution is 5.92. The minimum absolute atomic E-state index is 0.0589. The number of benzene rings is 1. The number of hydrogen-bond acceptors (Lipinski definition) is 4. The van der Waals surface area contributed by atoms with Crippen LogP contribution in [-0.4, -0.2) is 48.4 Å². The Balaban J connectivity index is 1.79. The van der Waals surface area contributed by atoms with Crippen LogP contribution < -0.4 is 5.32 Å². The molecule has 1 aromatic carbocycles. The molecule has 0 saturated carbocycles. The maximum atomic E-state index is 12.3. The van der Waals surface area contributed by atoms with Gasteiger partial charge >= 0.3 is 5.97 Å². The lowest BCUT2D eigenvalue weighted by Gasteiger charge is -2.30. The number of rotatable bonds is 6. The number of carbonyl (C=O) groups is 3. The molecule has 2 rings (SSSR count). The molecule has 0 radical (unpaired) electrons. The molecular formula is C20H26N2O4. The van der Waals surface area contributed by atoms with E-state index in [0.717, 1.165) is 5.56 Å². The van der Waals surface area contributed by atoms with Crippen molar-refractivity contribution in [3.63, 3.8) is 0 Å². The van der Waals surface area contributed by atoms with E-state index < -0.39 is 6.10 Å². The summed E-state index contributed by atoms with van der Waals surface area (Å²) in [4.78, 5) is 37.8. The van der Waals surface area contributed by atoms with Crippen LogP contribution in [0.5, 0.6) is 0 Å². The molecule has 1 aromatic rings. The standard InChI is InChI=1S/C20H26N2O4/c1-3-21-19(24)15(2)26-20(25)17-11-13-22(14-12-17)18(23)10-9-16-7-5-4-6-8-16/h4-10,15,17H,3,11-14H2,1-2H3,(H,21,24)/b10-9+/t15-/m0/s1. The van der Waals surface area contributed by atoms with Crippen molar-refractivity contribution in [2.24, 2.45) is 5.92 Å². The van der Waals surface area contributed by atoms with E-state index in [2.05, 4.69) is 5.32 Å². The topological polar surface area (TPSA) is 75.7 Å². The Hall–Kier alpha value is -2.63. The summed E-state index contributed by atoms with van der Waals surface area (Å²) >= 11 is 0. The van der Waals surface area contributed by atoms with Gasteiger partial charge in [-0.3, -0.25) is 14.4 Å². The molecule has 0 spiro atoms. The molecule has 26 heavy (non-hydrogen) atoms. The van der Waals surface area contributed by atoms with E-state index in [4.69, 9.17) is 4.74 Å². The van der Waals surface area contributed by atoms with Crippen LogP contribution in [0.2, 0.25) is 0 Å². The summed E-state index contributed by atoms with van der Waals surface area (Å²) in [6, 6.07) is 9.63. The van der Waals surface area contributed by atoms with E-state index in [-0.39, 0.29) is 23.7 Å². The highest BCUT2D eigenvalue weighted by Gasteiger charge is 2.29. The predicted octanol–water partition coefficient (Wildman–Crippen LogP) is 2.01. The molecule has 1 aliphatic rings. The van der Waals surface area contributed by atoms with E-state index in [1.807, 2.05) is 37.3 Å². The van der Waals surface area contributed by atoms with Crippen LogP contribution in [0, 0.1) is 5.92 Å². The molecule has 0 aromatic heterocycles. The number of amides is 2. The molecule has 1 fully saturated rings. The summed E-state index contributed by atoms with van der Waals surface area (Å²) in [6.45, 7) is 4.89. The van der Waals surface area contributed by atoms with Crippen LogP contribution in [-0.2, 0) is 19.1 Å². The molecule has 1 aliphatic heterocycles. The smallest absolute Gasteiger partial charge is 0.309 e. The maximum absolute atomic E-state index is 12.3. The minimum atomic E-state index is -0.795. The zero-order valence-corrected chi connectivity index (χ0v) is 15.3. The summed E-state index contributed by atoms with van der Waals surface area (Å²) < 4.78 is 5.24. The second-order valence-electron chi connectivity index (χ2n) is 6.32. The summed E-state index contributed by atoms with van der Waals surface area (Å²) in [6.07, 6.45) is 3.65. The van der Waals surface area contributed by atoms with E-state index in [0.29, 0.717) is 32.5 Å². The van der Waals surface area contributed by atoms with Crippen molar-refractivity contribution in [1.82, 2.24) is 10.2 Å². The van der Waals surface area contributed by atoms with Gasteiger partial charge in [-0.05, 0) is 38.3 Å². The second-order valence-corrected chi connectivity index (χ2v) is 6.32. The van der Waals surface area contributed by atoms with Gasteiger partial charge in [0.2, 0.25) is 5.91 Å². The minimum Gasteiger partial charge on any atom is -0.452 e. The highest BCUT2D eigenvalue weighted by Crippen LogP contribution is 2.20. The van der Waals surface area contributed by atoms with Crippen LogP contribution in [0.4, 0.5) is 0 Å². The largest absolute Gasteiger partial charge is 0.452 e. The quantitative estimate of drug-likeness (QED) is 0.623. The Labute approximate surface area is 154 Å². The van der Waals surface area contributed by atoms with Crippen LogP contribution in [0.15, 0.2) is 36.4 Å². The zero-order chi connectivity index (χ0) is 18.9. The third-order valence-electron chi connectivity index (χ3n) is 4.37. The van der Waals surface area contributed by atoms with Crippen LogP contribution >= 0.6 is 0 Å². The molecule has 1 atom stereocenters. The van der Waals surface area contributed by atoms with Gasteiger partial charge in [-0.2, -0.15) is 0 Å². The van der Waals surface area contributed by atoms with Crippen molar-refractivity contribution in [3.05, 3.63) is 42.0 Å². The first-order chi connectivity index (χ1) is 12.5. The Morgan fingerprint density at radius 2 is 1.88 bits per heavy atom. The van der Waals surface area contributed by atoms with Crippen molar-refractivity contribution in [1.29, 1.82) is 0 Å². The fourth-order valence-corrected chi connectivity index (χ4v) is 2.81. The number of carbonyl (C=O) groups excluding carboxylic acids is 3. The lowest BCUT2D eigenvalue weighted by Crippen LogP contribution is -2.42. The first kappa shape index (κ1) is 19.7. The molecular weight excluding hydrogens is 332 g/mol. The number of nitrogens with one attached hydrogen (secondary N) is 1. The molecule has 6 nitrogen and oxygen atoms in total. The average Bonchev–Trinajstić information content (AvgIpc) is 2.67. The van der Waals surface area contributed by atoms with E-state index in [1.165, 1.54) is 0 Å². The highest BCUT2D eigenvalue weighted by atomic mass is 16.5. The molecule has 1 N–H and O–H groups in total. The lowest BCUT2D eigenvalue weighted by atomic mass is 9.97. The summed E-state index contributed by atoms with van der Waals surface area (Å²) in [7, 11) is 0. The van der Waals surface area contributed by atoms with Crippen LogP contribution in [0.3, 0.4) is 0 Å². The summed E-state index contributed by atoms with van der Waals surface area (Å²) in [5, 5.41) is 2.63. The van der Waals surface area contributed by atoms with Crippen molar-refractivity contribution in [3.8, 4) is 0 Å². The fraction of sp³-hybridized carbons (Fsp3) is 0.450. The van der Waals surface area contributed by atoms with Crippen molar-refractivity contribution in [2.45, 2.75) is 32.8 Å². The number of esters is 1. The lowest BCUT2D eigenvalue weighted by molar-refractivity contribution is -0.160. The van der Waals surface area contributed by atoms with Gasteiger partial charge < -0.3 is 15.0 Å². The Morgan fingerprint density at radius 3 is 2.50 bits per heavy atom. The molecule has 1 saturated heterocycles. The Bertz CT molecular complexity index is 649. The summed E-state index contributed by atoms with van der Waals surface area (Å²) in [5.41, 5.74) is 0.971. The number of piperidine rings is 1. The van der Waals surface area contributed by atoms with Gasteiger partial charge in [0, 0.05) is 25.7 Å². The van der Waals surface area contributed by atoms with Crippen molar-refractivity contribution < 1.29 is 19.1 Å². The fourth-order valence-electron chi connectivity index (χ4n) is 2.81. The van der Waals surface area contributed by atoms with E-state index in [9.17, 15) is 14.4 Å². The zero-order valence-electron chi connectivity index (χ0n) is 15.3. The molecule has 0 unspecified atom stereocenters. The normalized spacial score (nSPS) is 16.3. The third-order valence-corrected chi connectivity index (χ3v) is 4.37. The summed E-state index contributed by atoms with van der Waals surface area (Å²) in [5.74, 6) is -0.986. The van der Waals surface area contributed by atoms with Gasteiger partial charge in [0.1, 0.15) is 0 Å². The molecule has 6 heteroatoms. The number of nitrogens with zero attached hydrogens (tertiary/aromatic N) is 1. The van der Waals surface area contributed by atoms with Gasteiger partial charge in [-0.1, -0.05) is 30.3 Å². The number of likely N-dealkylation sites (tertiary alicyclic amines) is 1. The van der Waals surface area contributed by atoms with Gasteiger partial charge in [-0.15, -0.1) is 0 Å². The van der Waals surface area contributed by atoms with E-state index in [1.54, 1.807) is 24.0 Å². The predicted molar refractivity (Wildman–Crippen MR) is 99.0 cm³/mol.